The molecule has 2 aromatic heterocycles. The van der Waals surface area contributed by atoms with Crippen LogP contribution in [-0.4, -0.2) is 22.3 Å². The van der Waals surface area contributed by atoms with Crippen LogP contribution in [-0.2, 0) is 0 Å². The highest BCUT2D eigenvalue weighted by Gasteiger charge is 2.39. The Hall–Kier alpha value is -3.71. The molecular weight excluding hydrogens is 432 g/mol. The molecule has 0 unspecified atom stereocenters. The smallest absolute Gasteiger partial charge is 0.257 e. The van der Waals surface area contributed by atoms with E-state index in [0.717, 1.165) is 34.2 Å². The van der Waals surface area contributed by atoms with Gasteiger partial charge >= 0.3 is 0 Å². The summed E-state index contributed by atoms with van der Waals surface area (Å²) < 4.78 is 1.05. The lowest BCUT2D eigenvalue weighted by Crippen LogP contribution is -2.34. The fraction of sp³-hybridized carbons (Fsp3) is 0.192. The first-order valence-electron chi connectivity index (χ1n) is 10.8. The minimum absolute atomic E-state index is 0.145. The average molecular weight is 457 g/mol. The second-order valence-corrected chi connectivity index (χ2v) is 9.59. The predicted molar refractivity (Wildman–Crippen MR) is 134 cm³/mol. The number of rotatable bonds is 6. The zero-order chi connectivity index (χ0) is 23.0. The summed E-state index contributed by atoms with van der Waals surface area (Å²) in [5.74, 6) is 0.0431. The lowest BCUT2D eigenvalue weighted by atomic mass is 10.1. The van der Waals surface area contributed by atoms with Crippen molar-refractivity contribution >= 4 is 50.4 Å². The molecule has 0 saturated heterocycles. The maximum Gasteiger partial charge on any atom is 0.257 e. The maximum atomic E-state index is 13.2. The van der Waals surface area contributed by atoms with Crippen LogP contribution in [0.5, 0.6) is 0 Å². The molecule has 1 aliphatic carbocycles. The van der Waals surface area contributed by atoms with Crippen molar-refractivity contribution in [3.05, 3.63) is 82.9 Å². The fourth-order valence-corrected chi connectivity index (χ4v) is 4.57. The van der Waals surface area contributed by atoms with Gasteiger partial charge in [-0.25, -0.2) is 4.98 Å². The van der Waals surface area contributed by atoms with Gasteiger partial charge in [-0.2, -0.15) is 0 Å². The molecule has 2 amide bonds. The Kier molecular flexibility index (Phi) is 5.34. The number of carbonyl (C=O) groups excluding carboxylic acids is 2. The van der Waals surface area contributed by atoms with Crippen LogP contribution in [0.1, 0.15) is 46.0 Å². The first kappa shape index (κ1) is 21.2. The predicted octanol–water partition coefficient (Wildman–Crippen LogP) is 5.88. The highest BCUT2D eigenvalue weighted by atomic mass is 32.1. The van der Waals surface area contributed by atoms with Crippen molar-refractivity contribution in [3.63, 3.8) is 0 Å². The Balaban J connectivity index is 1.49. The van der Waals surface area contributed by atoms with E-state index < -0.39 is 0 Å². The lowest BCUT2D eigenvalue weighted by Gasteiger charge is -2.16. The molecule has 0 radical (unpaired) electrons. The van der Waals surface area contributed by atoms with E-state index in [0.29, 0.717) is 22.6 Å². The summed E-state index contributed by atoms with van der Waals surface area (Å²) >= 11 is 1.53. The molecule has 0 spiro atoms. The van der Waals surface area contributed by atoms with Crippen molar-refractivity contribution in [3.8, 4) is 0 Å². The van der Waals surface area contributed by atoms with Gasteiger partial charge in [0.2, 0.25) is 0 Å². The molecule has 6 nitrogen and oxygen atoms in total. The molecule has 2 aromatic carbocycles. The van der Waals surface area contributed by atoms with Crippen molar-refractivity contribution in [2.45, 2.75) is 32.2 Å². The number of thiophene rings is 1. The highest BCUT2D eigenvalue weighted by molar-refractivity contribution is 7.17. The van der Waals surface area contributed by atoms with Gasteiger partial charge in [0.05, 0.1) is 16.8 Å². The molecule has 166 valence electrons. The molecule has 0 bridgehead atoms. The Morgan fingerprint density at radius 2 is 1.76 bits per heavy atom. The van der Waals surface area contributed by atoms with Crippen LogP contribution in [0.3, 0.4) is 0 Å². The van der Waals surface area contributed by atoms with Crippen LogP contribution in [0.15, 0.2) is 66.2 Å². The van der Waals surface area contributed by atoms with E-state index in [9.17, 15) is 9.59 Å². The van der Waals surface area contributed by atoms with E-state index in [4.69, 9.17) is 0 Å². The van der Waals surface area contributed by atoms with Gasteiger partial charge in [0.1, 0.15) is 0 Å². The van der Waals surface area contributed by atoms with Crippen molar-refractivity contribution in [1.82, 2.24) is 10.3 Å². The lowest BCUT2D eigenvalue weighted by molar-refractivity contribution is 0.0934. The summed E-state index contributed by atoms with van der Waals surface area (Å²) in [7, 11) is 0. The number of aromatic nitrogens is 1. The number of para-hydroxylation sites is 1. The summed E-state index contributed by atoms with van der Waals surface area (Å²) in [5, 5.41) is 12.1. The third kappa shape index (κ3) is 4.45. The van der Waals surface area contributed by atoms with E-state index in [1.807, 2.05) is 67.8 Å². The van der Waals surface area contributed by atoms with Crippen molar-refractivity contribution < 1.29 is 9.59 Å². The van der Waals surface area contributed by atoms with E-state index in [1.54, 1.807) is 6.07 Å². The summed E-state index contributed by atoms with van der Waals surface area (Å²) in [6.07, 6.45) is 3.47. The molecule has 1 aliphatic rings. The fourth-order valence-electron chi connectivity index (χ4n) is 3.63. The van der Waals surface area contributed by atoms with Gasteiger partial charge in [0, 0.05) is 32.9 Å². The van der Waals surface area contributed by atoms with Crippen LogP contribution in [0.25, 0.3) is 10.1 Å². The van der Waals surface area contributed by atoms with Gasteiger partial charge in [-0.15, -0.1) is 11.3 Å². The van der Waals surface area contributed by atoms with Gasteiger partial charge in [0.15, 0.2) is 5.82 Å². The number of carbonyl (C=O) groups is 2. The quantitative estimate of drug-likeness (QED) is 0.338. The summed E-state index contributed by atoms with van der Waals surface area (Å²) in [6.45, 7) is 4.02. The average Bonchev–Trinajstić information content (AvgIpc) is 3.37. The first-order chi connectivity index (χ1) is 15.9. The number of fused-ring (bicyclic) bond motifs is 1. The van der Waals surface area contributed by atoms with Crippen LogP contribution in [0.2, 0.25) is 0 Å². The number of aryl methyl sites for hydroxylation is 1. The number of anilines is 3. The van der Waals surface area contributed by atoms with E-state index in [2.05, 4.69) is 20.9 Å². The zero-order valence-corrected chi connectivity index (χ0v) is 19.3. The number of benzene rings is 2. The molecule has 3 N–H and O–H groups in total. The molecular formula is C26H24N4O2S. The van der Waals surface area contributed by atoms with Gasteiger partial charge < -0.3 is 16.0 Å². The van der Waals surface area contributed by atoms with Crippen LogP contribution in [0.4, 0.5) is 17.2 Å². The van der Waals surface area contributed by atoms with Gasteiger partial charge in [0.25, 0.3) is 11.8 Å². The minimum Gasteiger partial charge on any atom is -0.347 e. The van der Waals surface area contributed by atoms with Gasteiger partial charge in [-0.05, 0) is 50.5 Å². The Morgan fingerprint density at radius 1 is 1.00 bits per heavy atom. The standard InChI is InChI=1S/C26H24N4O2S/c1-16-7-3-5-9-20(16)28-23-21(13-17(14-27-23)24(31)30-26(2)11-12-26)29-25(32)19-15-33-22-10-6-4-8-18(19)22/h3-10,13-15H,11-12H2,1-2H3,(H,27,28)(H,29,32)(H,30,31). The summed E-state index contributed by atoms with van der Waals surface area (Å²) in [6, 6.07) is 17.3. The number of amides is 2. The van der Waals surface area contributed by atoms with E-state index in [-0.39, 0.29) is 17.4 Å². The third-order valence-electron chi connectivity index (χ3n) is 5.94. The maximum absolute atomic E-state index is 13.2. The number of nitrogens with zero attached hydrogens (tertiary/aromatic N) is 1. The molecule has 5 rings (SSSR count). The van der Waals surface area contributed by atoms with Gasteiger partial charge in [-0.3, -0.25) is 9.59 Å². The number of pyridine rings is 1. The Morgan fingerprint density at radius 3 is 2.55 bits per heavy atom. The molecule has 0 atom stereocenters. The minimum atomic E-state index is -0.242. The largest absolute Gasteiger partial charge is 0.347 e. The van der Waals surface area contributed by atoms with E-state index >= 15 is 0 Å². The Labute approximate surface area is 196 Å². The summed E-state index contributed by atoms with van der Waals surface area (Å²) in [5.41, 5.74) is 3.23. The molecule has 33 heavy (non-hydrogen) atoms. The zero-order valence-electron chi connectivity index (χ0n) is 18.4. The second-order valence-electron chi connectivity index (χ2n) is 8.67. The number of hydrogen-bond donors (Lipinski definition) is 3. The Bertz CT molecular complexity index is 1370. The number of hydrogen-bond acceptors (Lipinski definition) is 5. The topological polar surface area (TPSA) is 83.1 Å². The highest BCUT2D eigenvalue weighted by Crippen LogP contribution is 2.35. The molecule has 1 fully saturated rings. The normalized spacial score (nSPS) is 14.0. The molecule has 7 heteroatoms. The first-order valence-corrected chi connectivity index (χ1v) is 11.7. The van der Waals surface area contributed by atoms with Crippen molar-refractivity contribution in [2.75, 3.05) is 10.6 Å². The molecule has 1 saturated carbocycles. The van der Waals surface area contributed by atoms with Gasteiger partial charge in [-0.1, -0.05) is 36.4 Å². The molecule has 4 aromatic rings. The van der Waals surface area contributed by atoms with Crippen LogP contribution >= 0.6 is 11.3 Å². The van der Waals surface area contributed by atoms with Crippen molar-refractivity contribution in [2.24, 2.45) is 0 Å². The summed E-state index contributed by atoms with van der Waals surface area (Å²) in [4.78, 5) is 30.5. The van der Waals surface area contributed by atoms with E-state index in [1.165, 1.54) is 17.5 Å². The molecule has 2 heterocycles. The number of nitrogens with one attached hydrogen (secondary N) is 3. The van der Waals surface area contributed by atoms with Crippen LogP contribution < -0.4 is 16.0 Å². The van der Waals surface area contributed by atoms with Crippen LogP contribution in [0, 0.1) is 6.92 Å². The SMILES string of the molecule is Cc1ccccc1Nc1ncc(C(=O)NC2(C)CC2)cc1NC(=O)c1csc2ccccc12. The van der Waals surface area contributed by atoms with Crippen molar-refractivity contribution in [1.29, 1.82) is 0 Å². The third-order valence-corrected chi connectivity index (χ3v) is 6.90. The molecule has 0 aliphatic heterocycles. The monoisotopic (exact) mass is 456 g/mol. The second kappa shape index (κ2) is 8.33.